The number of amides is 2. The number of hydrogen-bond donors (Lipinski definition) is 2. The van der Waals surface area contributed by atoms with Gasteiger partial charge in [-0.15, -0.1) is 0 Å². The van der Waals surface area contributed by atoms with Crippen molar-refractivity contribution in [1.82, 2.24) is 5.32 Å². The highest BCUT2D eigenvalue weighted by molar-refractivity contribution is 6.39. The molecule has 126 valence electrons. The van der Waals surface area contributed by atoms with Crippen LogP contribution in [0.1, 0.15) is 16.7 Å². The quantitative estimate of drug-likeness (QED) is 0.830. The molecule has 0 aliphatic carbocycles. The van der Waals surface area contributed by atoms with Gasteiger partial charge in [0.25, 0.3) is 0 Å². The van der Waals surface area contributed by atoms with E-state index in [2.05, 4.69) is 10.6 Å². The van der Waals surface area contributed by atoms with Gasteiger partial charge < -0.3 is 15.4 Å². The molecular weight excluding hydrogens is 304 g/mol. The maximum atomic E-state index is 11.9. The molecule has 0 unspecified atom stereocenters. The van der Waals surface area contributed by atoms with Crippen molar-refractivity contribution in [3.8, 4) is 5.75 Å². The van der Waals surface area contributed by atoms with Crippen molar-refractivity contribution in [1.29, 1.82) is 0 Å². The van der Waals surface area contributed by atoms with E-state index < -0.39 is 11.8 Å². The normalized spacial score (nSPS) is 10.1. The molecule has 0 aromatic heterocycles. The number of rotatable bonds is 5. The van der Waals surface area contributed by atoms with E-state index >= 15 is 0 Å². The molecule has 0 fully saturated rings. The Balaban J connectivity index is 1.81. The molecule has 2 aromatic carbocycles. The molecule has 0 radical (unpaired) electrons. The first kappa shape index (κ1) is 17.5. The number of benzene rings is 2. The molecule has 5 nitrogen and oxygen atoms in total. The monoisotopic (exact) mass is 326 g/mol. The number of ether oxygens (including phenoxy) is 1. The highest BCUT2D eigenvalue weighted by Crippen LogP contribution is 2.15. The van der Waals surface area contributed by atoms with Crippen LogP contribution in [0.4, 0.5) is 5.69 Å². The van der Waals surface area contributed by atoms with Crippen LogP contribution in [0.25, 0.3) is 0 Å². The zero-order chi connectivity index (χ0) is 17.5. The molecular formula is C19H22N2O3. The van der Waals surface area contributed by atoms with Crippen LogP contribution in [-0.4, -0.2) is 25.5 Å². The lowest BCUT2D eigenvalue weighted by Crippen LogP contribution is -2.36. The van der Waals surface area contributed by atoms with Crippen LogP contribution < -0.4 is 15.4 Å². The fraction of sp³-hybridized carbons (Fsp3) is 0.263. The van der Waals surface area contributed by atoms with Crippen molar-refractivity contribution in [2.45, 2.75) is 20.3 Å². The summed E-state index contributed by atoms with van der Waals surface area (Å²) >= 11 is 0. The summed E-state index contributed by atoms with van der Waals surface area (Å²) in [6.45, 7) is 4.26. The Bertz CT molecular complexity index is 724. The van der Waals surface area contributed by atoms with E-state index in [4.69, 9.17) is 4.74 Å². The molecule has 0 spiro atoms. The molecule has 0 bridgehead atoms. The van der Waals surface area contributed by atoms with E-state index in [1.165, 1.54) is 0 Å². The van der Waals surface area contributed by atoms with Crippen LogP contribution in [0.2, 0.25) is 0 Å². The first-order valence-electron chi connectivity index (χ1n) is 7.79. The van der Waals surface area contributed by atoms with Crippen LogP contribution in [0, 0.1) is 13.8 Å². The fourth-order valence-electron chi connectivity index (χ4n) is 2.33. The molecule has 0 heterocycles. The van der Waals surface area contributed by atoms with Crippen molar-refractivity contribution in [2.75, 3.05) is 19.0 Å². The van der Waals surface area contributed by atoms with Crippen LogP contribution in [-0.2, 0) is 16.0 Å². The smallest absolute Gasteiger partial charge is 0.313 e. The summed E-state index contributed by atoms with van der Waals surface area (Å²) in [5, 5.41) is 5.26. The maximum absolute atomic E-state index is 11.9. The number of hydrogen-bond acceptors (Lipinski definition) is 3. The van der Waals surface area contributed by atoms with Gasteiger partial charge in [-0.25, -0.2) is 0 Å². The van der Waals surface area contributed by atoms with E-state index in [1.54, 1.807) is 13.2 Å². The number of anilines is 1. The third-order valence-electron chi connectivity index (χ3n) is 3.69. The Hall–Kier alpha value is -2.82. The van der Waals surface area contributed by atoms with Crippen LogP contribution >= 0.6 is 0 Å². The summed E-state index contributed by atoms with van der Waals surface area (Å²) in [5.74, 6) is -0.504. The van der Waals surface area contributed by atoms with E-state index in [1.807, 2.05) is 50.2 Å². The predicted molar refractivity (Wildman–Crippen MR) is 94.3 cm³/mol. The van der Waals surface area contributed by atoms with Gasteiger partial charge in [0.2, 0.25) is 0 Å². The molecule has 2 aromatic rings. The molecule has 0 aliphatic rings. The van der Waals surface area contributed by atoms with E-state index in [0.29, 0.717) is 18.7 Å². The van der Waals surface area contributed by atoms with Crippen molar-refractivity contribution in [2.24, 2.45) is 0 Å². The number of methoxy groups -OCH3 is 1. The van der Waals surface area contributed by atoms with Gasteiger partial charge in [0, 0.05) is 12.2 Å². The molecule has 0 saturated carbocycles. The van der Waals surface area contributed by atoms with Gasteiger partial charge in [-0.2, -0.15) is 0 Å². The number of carbonyl (C=O) groups excluding carboxylic acids is 2. The summed E-state index contributed by atoms with van der Waals surface area (Å²) in [6, 6.07) is 13.2. The lowest BCUT2D eigenvalue weighted by molar-refractivity contribution is -0.136. The minimum absolute atomic E-state index is 0.394. The van der Waals surface area contributed by atoms with E-state index in [-0.39, 0.29) is 0 Å². The van der Waals surface area contributed by atoms with Crippen molar-refractivity contribution < 1.29 is 14.3 Å². The molecule has 2 rings (SSSR count). The average Bonchev–Trinajstić information content (AvgIpc) is 2.57. The second-order valence-corrected chi connectivity index (χ2v) is 5.63. The maximum Gasteiger partial charge on any atom is 0.313 e. The Kier molecular flexibility index (Phi) is 5.95. The Labute approximate surface area is 142 Å². The van der Waals surface area contributed by atoms with Gasteiger partial charge in [0.1, 0.15) is 5.75 Å². The SMILES string of the molecule is COc1ccc(CCNC(=O)C(=O)Nc2ccc(C)cc2C)cc1. The first-order chi connectivity index (χ1) is 11.5. The standard InChI is InChI=1S/C19H22N2O3/c1-13-4-9-17(14(2)12-13)21-19(23)18(22)20-11-10-15-5-7-16(24-3)8-6-15/h4-9,12H,10-11H2,1-3H3,(H,20,22)(H,21,23). The van der Waals surface area contributed by atoms with Crippen LogP contribution in [0.5, 0.6) is 5.75 Å². The van der Waals surface area contributed by atoms with Gasteiger partial charge in [0.15, 0.2) is 0 Å². The lowest BCUT2D eigenvalue weighted by atomic mass is 10.1. The predicted octanol–water partition coefficient (Wildman–Crippen LogP) is 2.61. The van der Waals surface area contributed by atoms with Gasteiger partial charge in [-0.05, 0) is 49.6 Å². The van der Waals surface area contributed by atoms with Crippen molar-refractivity contribution >= 4 is 17.5 Å². The van der Waals surface area contributed by atoms with Gasteiger partial charge in [0.05, 0.1) is 7.11 Å². The largest absolute Gasteiger partial charge is 0.497 e. The second kappa shape index (κ2) is 8.15. The summed E-state index contributed by atoms with van der Waals surface area (Å²) < 4.78 is 5.09. The minimum Gasteiger partial charge on any atom is -0.497 e. The van der Waals surface area contributed by atoms with Gasteiger partial charge in [-0.3, -0.25) is 9.59 Å². The Morgan fingerprint density at radius 2 is 1.71 bits per heavy atom. The molecule has 0 aliphatic heterocycles. The average molecular weight is 326 g/mol. The molecule has 24 heavy (non-hydrogen) atoms. The summed E-state index contributed by atoms with van der Waals surface area (Å²) in [7, 11) is 1.61. The number of aryl methyl sites for hydroxylation is 2. The minimum atomic E-state index is -0.656. The summed E-state index contributed by atoms with van der Waals surface area (Å²) in [5.41, 5.74) is 3.74. The third-order valence-corrected chi connectivity index (χ3v) is 3.69. The van der Waals surface area contributed by atoms with Gasteiger partial charge in [-0.1, -0.05) is 29.8 Å². The van der Waals surface area contributed by atoms with E-state index in [0.717, 1.165) is 22.4 Å². The van der Waals surface area contributed by atoms with Crippen LogP contribution in [0.15, 0.2) is 42.5 Å². The third kappa shape index (κ3) is 4.84. The summed E-state index contributed by atoms with van der Waals surface area (Å²) in [4.78, 5) is 23.8. The van der Waals surface area contributed by atoms with Crippen LogP contribution in [0.3, 0.4) is 0 Å². The number of nitrogens with one attached hydrogen (secondary N) is 2. The Morgan fingerprint density at radius 1 is 1.00 bits per heavy atom. The van der Waals surface area contributed by atoms with Gasteiger partial charge >= 0.3 is 11.8 Å². The summed E-state index contributed by atoms with van der Waals surface area (Å²) in [6.07, 6.45) is 0.645. The highest BCUT2D eigenvalue weighted by Gasteiger charge is 2.14. The topological polar surface area (TPSA) is 67.4 Å². The highest BCUT2D eigenvalue weighted by atomic mass is 16.5. The first-order valence-corrected chi connectivity index (χ1v) is 7.79. The lowest BCUT2D eigenvalue weighted by Gasteiger charge is -2.09. The zero-order valence-electron chi connectivity index (χ0n) is 14.2. The van der Waals surface area contributed by atoms with Crippen molar-refractivity contribution in [3.05, 3.63) is 59.2 Å². The Morgan fingerprint density at radius 3 is 2.33 bits per heavy atom. The fourth-order valence-corrected chi connectivity index (χ4v) is 2.33. The molecule has 5 heteroatoms. The van der Waals surface area contributed by atoms with E-state index in [9.17, 15) is 9.59 Å². The second-order valence-electron chi connectivity index (χ2n) is 5.63. The molecule has 2 amide bonds. The molecule has 2 N–H and O–H groups in total. The molecule has 0 atom stereocenters. The molecule has 0 saturated heterocycles. The zero-order valence-corrected chi connectivity index (χ0v) is 14.2. The number of carbonyl (C=O) groups is 2. The van der Waals surface area contributed by atoms with Crippen molar-refractivity contribution in [3.63, 3.8) is 0 Å².